The number of aliphatic hydroxyl groups excluding tert-OH is 2. The van der Waals surface area contributed by atoms with Gasteiger partial charge in [-0.2, -0.15) is 0 Å². The molecule has 0 saturated heterocycles. The molecule has 2 atom stereocenters. The number of hydrogen-bond acceptors (Lipinski definition) is 3. The molecule has 0 aliphatic rings. The smallest absolute Gasteiger partial charge is 0.154 e. The van der Waals surface area contributed by atoms with Crippen LogP contribution in [-0.2, 0) is 0 Å². The predicted octanol–water partition coefficient (Wildman–Crippen LogP) is 2.04. The Morgan fingerprint density at radius 1 is 0.933 bits per heavy atom. The van der Waals surface area contributed by atoms with Gasteiger partial charge in [-0.25, -0.2) is 0 Å². The average Bonchev–Trinajstić information content (AvgIpc) is 2.17. The minimum atomic E-state index is -1.31. The molecule has 0 aromatic carbocycles. The summed E-state index contributed by atoms with van der Waals surface area (Å²) in [6.45, 7) is 3.92. The van der Waals surface area contributed by atoms with Gasteiger partial charge in [0.15, 0.2) is 6.29 Å². The number of aliphatic hydroxyl groups is 3. The van der Waals surface area contributed by atoms with Crippen molar-refractivity contribution in [1.82, 2.24) is 0 Å². The van der Waals surface area contributed by atoms with Crippen LogP contribution in [0.25, 0.3) is 0 Å². The third-order valence-electron chi connectivity index (χ3n) is 2.79. The lowest BCUT2D eigenvalue weighted by Gasteiger charge is -2.17. The third-order valence-corrected chi connectivity index (χ3v) is 2.79. The van der Waals surface area contributed by atoms with Crippen LogP contribution in [0.3, 0.4) is 0 Å². The summed E-state index contributed by atoms with van der Waals surface area (Å²) in [5.74, 6) is -0.240. The summed E-state index contributed by atoms with van der Waals surface area (Å²) < 4.78 is 0. The van der Waals surface area contributed by atoms with E-state index in [1.165, 1.54) is 25.7 Å². The first-order chi connectivity index (χ1) is 7.07. The van der Waals surface area contributed by atoms with Gasteiger partial charge in [0, 0.05) is 5.92 Å². The highest BCUT2D eigenvalue weighted by atomic mass is 16.5. The first-order valence-electron chi connectivity index (χ1n) is 6.12. The van der Waals surface area contributed by atoms with Crippen molar-refractivity contribution >= 4 is 0 Å². The lowest BCUT2D eigenvalue weighted by molar-refractivity contribution is -0.0891. The van der Waals surface area contributed by atoms with E-state index < -0.39 is 6.29 Å². The van der Waals surface area contributed by atoms with Crippen LogP contribution in [0.5, 0.6) is 0 Å². The van der Waals surface area contributed by atoms with Crippen molar-refractivity contribution in [1.29, 1.82) is 0 Å². The molecule has 0 radical (unpaired) electrons. The van der Waals surface area contributed by atoms with Crippen molar-refractivity contribution in [3.05, 3.63) is 0 Å². The zero-order chi connectivity index (χ0) is 11.7. The van der Waals surface area contributed by atoms with Crippen LogP contribution in [0, 0.1) is 5.92 Å². The van der Waals surface area contributed by atoms with Gasteiger partial charge in [0.25, 0.3) is 0 Å². The Hall–Kier alpha value is -0.120. The van der Waals surface area contributed by atoms with Gasteiger partial charge in [-0.15, -0.1) is 0 Å². The molecule has 0 aliphatic carbocycles. The molecular formula is C12H26O3. The highest BCUT2D eigenvalue weighted by molar-refractivity contribution is 4.63. The van der Waals surface area contributed by atoms with E-state index in [1.807, 2.05) is 0 Å². The molecular weight excluding hydrogens is 192 g/mol. The number of hydrogen-bond donors (Lipinski definition) is 3. The molecule has 0 aromatic heterocycles. The maximum Gasteiger partial charge on any atom is 0.154 e. The molecule has 0 rings (SSSR count). The molecule has 0 spiro atoms. The van der Waals surface area contributed by atoms with Crippen LogP contribution in [-0.4, -0.2) is 27.7 Å². The van der Waals surface area contributed by atoms with Crippen LogP contribution < -0.4 is 0 Å². The van der Waals surface area contributed by atoms with Crippen molar-refractivity contribution < 1.29 is 15.3 Å². The molecule has 0 bridgehead atoms. The Labute approximate surface area is 93.1 Å². The number of rotatable bonds is 9. The lowest BCUT2D eigenvalue weighted by Crippen LogP contribution is -2.22. The first kappa shape index (κ1) is 14.9. The summed E-state index contributed by atoms with van der Waals surface area (Å²) in [6.07, 6.45) is 5.51. The van der Waals surface area contributed by atoms with Crippen LogP contribution in [0.1, 0.15) is 58.8 Å². The normalized spacial score (nSPS) is 15.6. The molecule has 0 amide bonds. The Bertz CT molecular complexity index is 137. The van der Waals surface area contributed by atoms with Gasteiger partial charge in [0.05, 0.1) is 6.10 Å². The molecule has 15 heavy (non-hydrogen) atoms. The highest BCUT2D eigenvalue weighted by Crippen LogP contribution is 2.15. The van der Waals surface area contributed by atoms with Gasteiger partial charge in [-0.05, 0) is 12.8 Å². The van der Waals surface area contributed by atoms with Gasteiger partial charge in [-0.3, -0.25) is 0 Å². The van der Waals surface area contributed by atoms with E-state index in [4.69, 9.17) is 10.2 Å². The molecule has 0 saturated carbocycles. The molecule has 0 heterocycles. The van der Waals surface area contributed by atoms with E-state index in [9.17, 15) is 5.11 Å². The van der Waals surface area contributed by atoms with E-state index in [1.54, 1.807) is 6.92 Å². The van der Waals surface area contributed by atoms with E-state index >= 15 is 0 Å². The minimum Gasteiger partial charge on any atom is -0.393 e. The second-order valence-electron chi connectivity index (χ2n) is 4.48. The molecule has 3 nitrogen and oxygen atoms in total. The fourth-order valence-corrected chi connectivity index (χ4v) is 1.65. The van der Waals surface area contributed by atoms with Gasteiger partial charge in [-0.1, -0.05) is 46.0 Å². The standard InChI is InChI=1S/C12H26O3/c1-3-4-5-6-7-8-11(13)9-10(2)12(14)15/h10-15H,3-9H2,1-2H3. The van der Waals surface area contributed by atoms with Crippen LogP contribution in [0.2, 0.25) is 0 Å². The topological polar surface area (TPSA) is 60.7 Å². The van der Waals surface area contributed by atoms with Crippen molar-refractivity contribution in [3.8, 4) is 0 Å². The Kier molecular flexibility index (Phi) is 9.06. The molecule has 0 aliphatic heterocycles. The molecule has 2 unspecified atom stereocenters. The van der Waals surface area contributed by atoms with Gasteiger partial charge in [0.2, 0.25) is 0 Å². The molecule has 0 aromatic rings. The monoisotopic (exact) mass is 218 g/mol. The molecule has 0 fully saturated rings. The van der Waals surface area contributed by atoms with Crippen molar-refractivity contribution in [2.45, 2.75) is 71.2 Å². The molecule has 92 valence electrons. The average molecular weight is 218 g/mol. The maximum absolute atomic E-state index is 9.60. The summed E-state index contributed by atoms with van der Waals surface area (Å²) >= 11 is 0. The second kappa shape index (κ2) is 9.13. The predicted molar refractivity (Wildman–Crippen MR) is 61.4 cm³/mol. The van der Waals surface area contributed by atoms with Crippen molar-refractivity contribution in [2.24, 2.45) is 5.92 Å². The molecule has 3 N–H and O–H groups in total. The van der Waals surface area contributed by atoms with Crippen LogP contribution >= 0.6 is 0 Å². The van der Waals surface area contributed by atoms with Crippen molar-refractivity contribution in [2.75, 3.05) is 0 Å². The van der Waals surface area contributed by atoms with E-state index in [2.05, 4.69) is 6.92 Å². The summed E-state index contributed by atoms with van der Waals surface area (Å²) in [5.41, 5.74) is 0. The largest absolute Gasteiger partial charge is 0.393 e. The summed E-state index contributed by atoms with van der Waals surface area (Å²) in [6, 6.07) is 0. The van der Waals surface area contributed by atoms with E-state index in [0.29, 0.717) is 6.42 Å². The lowest BCUT2D eigenvalue weighted by atomic mass is 9.99. The third kappa shape index (κ3) is 8.85. The zero-order valence-corrected chi connectivity index (χ0v) is 10.0. The van der Waals surface area contributed by atoms with Gasteiger partial charge in [0.1, 0.15) is 0 Å². The Morgan fingerprint density at radius 2 is 1.53 bits per heavy atom. The summed E-state index contributed by atoms with van der Waals surface area (Å²) in [5, 5.41) is 27.3. The molecule has 3 heteroatoms. The van der Waals surface area contributed by atoms with Crippen LogP contribution in [0.4, 0.5) is 0 Å². The highest BCUT2D eigenvalue weighted by Gasteiger charge is 2.15. The number of unbranched alkanes of at least 4 members (excludes halogenated alkanes) is 4. The zero-order valence-electron chi connectivity index (χ0n) is 10.0. The van der Waals surface area contributed by atoms with Crippen molar-refractivity contribution in [3.63, 3.8) is 0 Å². The fourth-order valence-electron chi connectivity index (χ4n) is 1.65. The van der Waals surface area contributed by atoms with E-state index in [-0.39, 0.29) is 12.0 Å². The quantitative estimate of drug-likeness (QED) is 0.410. The summed E-state index contributed by atoms with van der Waals surface area (Å²) in [4.78, 5) is 0. The van der Waals surface area contributed by atoms with Gasteiger partial charge < -0.3 is 15.3 Å². The maximum atomic E-state index is 9.60. The SMILES string of the molecule is CCCCCCCC(O)CC(C)C(O)O. The first-order valence-corrected chi connectivity index (χ1v) is 6.12. The summed E-state index contributed by atoms with van der Waals surface area (Å²) in [7, 11) is 0. The Morgan fingerprint density at radius 3 is 2.07 bits per heavy atom. The minimum absolute atomic E-state index is 0.240. The van der Waals surface area contributed by atoms with E-state index in [0.717, 1.165) is 12.8 Å². The van der Waals surface area contributed by atoms with Crippen LogP contribution in [0.15, 0.2) is 0 Å². The fraction of sp³-hybridized carbons (Fsp3) is 1.00. The Balaban J connectivity index is 3.36. The van der Waals surface area contributed by atoms with Gasteiger partial charge >= 0.3 is 0 Å². The second-order valence-corrected chi connectivity index (χ2v) is 4.48.